The summed E-state index contributed by atoms with van der Waals surface area (Å²) in [6, 6.07) is 17.4. The van der Waals surface area contributed by atoms with Gasteiger partial charge in [0.2, 0.25) is 5.91 Å². The molecule has 2 heterocycles. The Labute approximate surface area is 187 Å². The van der Waals surface area contributed by atoms with Gasteiger partial charge in [-0.05, 0) is 19.1 Å². The van der Waals surface area contributed by atoms with E-state index in [4.69, 9.17) is 11.6 Å². The monoisotopic (exact) mass is 455 g/mol. The number of nitrogens with zero attached hydrogens (tertiary/aromatic N) is 4. The predicted octanol–water partition coefficient (Wildman–Crippen LogP) is 5.47. The zero-order valence-electron chi connectivity index (χ0n) is 16.1. The Morgan fingerprint density at radius 3 is 2.70 bits per heavy atom. The number of amides is 1. The highest BCUT2D eigenvalue weighted by Gasteiger charge is 2.15. The molecular weight excluding hydrogens is 438 g/mol. The number of anilines is 1. The molecule has 6 nitrogen and oxygen atoms in total. The molecular formula is C21H18ClN5OS2. The number of nitrogens with one attached hydrogen (secondary N) is 1. The molecule has 152 valence electrons. The minimum atomic E-state index is -0.135. The molecule has 0 spiro atoms. The van der Waals surface area contributed by atoms with Crippen molar-refractivity contribution in [2.24, 2.45) is 0 Å². The van der Waals surface area contributed by atoms with Gasteiger partial charge in [0.15, 0.2) is 16.1 Å². The molecule has 0 atom stereocenters. The summed E-state index contributed by atoms with van der Waals surface area (Å²) in [5, 5.41) is 15.2. The van der Waals surface area contributed by atoms with E-state index in [1.54, 1.807) is 0 Å². The van der Waals surface area contributed by atoms with Gasteiger partial charge in [-0.1, -0.05) is 65.8 Å². The van der Waals surface area contributed by atoms with E-state index >= 15 is 0 Å². The first-order valence-corrected chi connectivity index (χ1v) is 11.5. The van der Waals surface area contributed by atoms with Crippen LogP contribution in [0, 0.1) is 0 Å². The fourth-order valence-corrected chi connectivity index (χ4v) is 4.61. The minimum Gasteiger partial charge on any atom is -0.302 e. The maximum Gasteiger partial charge on any atom is 0.236 e. The standard InChI is InChI=1S/C21H18ClN5OS2/c1-2-27-19(15-9-6-10-16(22)11-15)25-26-21(27)30-13-18(28)24-20-23-17(12-29-20)14-7-4-3-5-8-14/h3-12H,2,13H2,1H3,(H,23,24,28). The Morgan fingerprint density at radius 2 is 1.93 bits per heavy atom. The highest BCUT2D eigenvalue weighted by Crippen LogP contribution is 2.27. The van der Waals surface area contributed by atoms with Gasteiger partial charge in [0.1, 0.15) is 0 Å². The van der Waals surface area contributed by atoms with Crippen LogP contribution in [-0.2, 0) is 11.3 Å². The molecule has 4 rings (SSSR count). The summed E-state index contributed by atoms with van der Waals surface area (Å²) in [6.45, 7) is 2.70. The van der Waals surface area contributed by atoms with Gasteiger partial charge in [0, 0.05) is 28.1 Å². The molecule has 0 unspecified atom stereocenters. The topological polar surface area (TPSA) is 72.7 Å². The van der Waals surface area contributed by atoms with E-state index in [1.807, 2.05) is 71.5 Å². The Hall–Kier alpha value is -2.68. The lowest BCUT2D eigenvalue weighted by atomic mass is 10.2. The summed E-state index contributed by atoms with van der Waals surface area (Å²) >= 11 is 8.85. The van der Waals surface area contributed by atoms with Crippen molar-refractivity contribution in [3.05, 3.63) is 65.0 Å². The molecule has 2 aromatic carbocycles. The molecule has 0 aliphatic carbocycles. The molecule has 0 aliphatic heterocycles. The molecule has 9 heteroatoms. The third-order valence-corrected chi connectivity index (χ3v) is 6.23. The highest BCUT2D eigenvalue weighted by atomic mass is 35.5. The number of thiazole rings is 1. The van der Waals surface area contributed by atoms with Crippen molar-refractivity contribution in [2.75, 3.05) is 11.1 Å². The lowest BCUT2D eigenvalue weighted by molar-refractivity contribution is -0.113. The zero-order chi connectivity index (χ0) is 20.9. The van der Waals surface area contributed by atoms with Crippen molar-refractivity contribution in [1.82, 2.24) is 19.7 Å². The molecule has 0 saturated carbocycles. The normalized spacial score (nSPS) is 10.9. The van der Waals surface area contributed by atoms with Gasteiger partial charge in [-0.3, -0.25) is 4.79 Å². The van der Waals surface area contributed by atoms with Crippen LogP contribution in [0.4, 0.5) is 5.13 Å². The fourth-order valence-electron chi connectivity index (χ4n) is 2.88. The van der Waals surface area contributed by atoms with E-state index in [-0.39, 0.29) is 11.7 Å². The van der Waals surface area contributed by atoms with Gasteiger partial charge >= 0.3 is 0 Å². The molecule has 0 saturated heterocycles. The Bertz CT molecular complexity index is 1160. The molecule has 1 N–H and O–H groups in total. The van der Waals surface area contributed by atoms with Crippen LogP contribution in [0.3, 0.4) is 0 Å². The number of benzene rings is 2. The second-order valence-electron chi connectivity index (χ2n) is 6.30. The van der Waals surface area contributed by atoms with Crippen molar-refractivity contribution in [2.45, 2.75) is 18.6 Å². The Balaban J connectivity index is 1.40. The number of thioether (sulfide) groups is 1. The smallest absolute Gasteiger partial charge is 0.236 e. The molecule has 0 aliphatic rings. The second kappa shape index (κ2) is 9.42. The van der Waals surface area contributed by atoms with E-state index in [0.717, 1.165) is 22.6 Å². The summed E-state index contributed by atoms with van der Waals surface area (Å²) in [4.78, 5) is 16.9. The van der Waals surface area contributed by atoms with Crippen molar-refractivity contribution in [3.8, 4) is 22.6 Å². The fraction of sp³-hybridized carbons (Fsp3) is 0.143. The van der Waals surface area contributed by atoms with Crippen LogP contribution in [0.25, 0.3) is 22.6 Å². The highest BCUT2D eigenvalue weighted by molar-refractivity contribution is 7.99. The van der Waals surface area contributed by atoms with E-state index < -0.39 is 0 Å². The van der Waals surface area contributed by atoms with Crippen molar-refractivity contribution in [3.63, 3.8) is 0 Å². The minimum absolute atomic E-state index is 0.135. The molecule has 0 radical (unpaired) electrons. The predicted molar refractivity (Wildman–Crippen MR) is 123 cm³/mol. The largest absolute Gasteiger partial charge is 0.302 e. The SMILES string of the molecule is CCn1c(SCC(=O)Nc2nc(-c3ccccc3)cs2)nnc1-c1cccc(Cl)c1. The van der Waals surface area contributed by atoms with E-state index in [0.29, 0.717) is 21.9 Å². The van der Waals surface area contributed by atoms with E-state index in [2.05, 4.69) is 20.5 Å². The number of carbonyl (C=O) groups excluding carboxylic acids is 1. The van der Waals surface area contributed by atoms with Crippen molar-refractivity contribution < 1.29 is 4.79 Å². The second-order valence-corrected chi connectivity index (χ2v) is 8.54. The zero-order valence-corrected chi connectivity index (χ0v) is 18.5. The van der Waals surface area contributed by atoms with Gasteiger partial charge in [-0.25, -0.2) is 4.98 Å². The number of halogens is 1. The van der Waals surface area contributed by atoms with Crippen LogP contribution in [0.2, 0.25) is 5.02 Å². The summed E-state index contributed by atoms with van der Waals surface area (Å²) < 4.78 is 1.97. The summed E-state index contributed by atoms with van der Waals surface area (Å²) in [5.74, 6) is 0.813. The average molecular weight is 456 g/mol. The Kier molecular flexibility index (Phi) is 6.47. The van der Waals surface area contributed by atoms with Crippen LogP contribution >= 0.6 is 34.7 Å². The molecule has 4 aromatic rings. The first-order valence-electron chi connectivity index (χ1n) is 9.26. The summed E-state index contributed by atoms with van der Waals surface area (Å²) in [5.41, 5.74) is 2.76. The van der Waals surface area contributed by atoms with Gasteiger partial charge in [0.05, 0.1) is 11.4 Å². The number of aromatic nitrogens is 4. The molecule has 1 amide bonds. The van der Waals surface area contributed by atoms with Gasteiger partial charge in [-0.15, -0.1) is 21.5 Å². The lowest BCUT2D eigenvalue weighted by Crippen LogP contribution is -2.14. The third-order valence-electron chi connectivity index (χ3n) is 4.27. The number of rotatable bonds is 7. The maximum atomic E-state index is 12.4. The van der Waals surface area contributed by atoms with E-state index in [9.17, 15) is 4.79 Å². The van der Waals surface area contributed by atoms with Crippen LogP contribution < -0.4 is 5.32 Å². The lowest BCUT2D eigenvalue weighted by Gasteiger charge is -2.07. The quantitative estimate of drug-likeness (QED) is 0.374. The van der Waals surface area contributed by atoms with E-state index in [1.165, 1.54) is 23.1 Å². The van der Waals surface area contributed by atoms with Gasteiger partial charge in [-0.2, -0.15) is 0 Å². The first kappa shape index (κ1) is 20.6. The third kappa shape index (κ3) is 4.72. The van der Waals surface area contributed by atoms with Gasteiger partial charge in [0.25, 0.3) is 0 Å². The summed E-state index contributed by atoms with van der Waals surface area (Å²) in [6.07, 6.45) is 0. The van der Waals surface area contributed by atoms with Crippen molar-refractivity contribution >= 4 is 45.7 Å². The molecule has 0 bridgehead atoms. The Morgan fingerprint density at radius 1 is 1.13 bits per heavy atom. The van der Waals surface area contributed by atoms with Crippen LogP contribution in [0.5, 0.6) is 0 Å². The molecule has 30 heavy (non-hydrogen) atoms. The first-order chi connectivity index (χ1) is 14.6. The van der Waals surface area contributed by atoms with Crippen LogP contribution in [0.1, 0.15) is 6.92 Å². The van der Waals surface area contributed by atoms with Crippen LogP contribution in [-0.4, -0.2) is 31.4 Å². The molecule has 0 fully saturated rings. The van der Waals surface area contributed by atoms with Gasteiger partial charge < -0.3 is 9.88 Å². The number of hydrogen-bond acceptors (Lipinski definition) is 6. The van der Waals surface area contributed by atoms with Crippen LogP contribution in [0.15, 0.2) is 65.1 Å². The van der Waals surface area contributed by atoms with Crippen molar-refractivity contribution in [1.29, 1.82) is 0 Å². The summed E-state index contributed by atoms with van der Waals surface area (Å²) in [7, 11) is 0. The molecule has 2 aromatic heterocycles. The number of hydrogen-bond donors (Lipinski definition) is 1. The average Bonchev–Trinajstić information content (AvgIpc) is 3.39. The number of carbonyl (C=O) groups is 1. The maximum absolute atomic E-state index is 12.4.